The minimum Gasteiger partial charge on any atom is -0.347 e. The fourth-order valence-electron chi connectivity index (χ4n) is 0.968. The number of carbonyl (C=O) groups is 1. The molecule has 0 unspecified atom stereocenters. The van der Waals surface area contributed by atoms with Gasteiger partial charge in [-0.25, -0.2) is 4.98 Å². The van der Waals surface area contributed by atoms with Crippen LogP contribution in [-0.4, -0.2) is 22.4 Å². The van der Waals surface area contributed by atoms with E-state index >= 15 is 0 Å². The molecule has 1 heterocycles. The number of pyridine rings is 1. The van der Waals surface area contributed by atoms with Gasteiger partial charge in [-0.1, -0.05) is 34.1 Å². The summed E-state index contributed by atoms with van der Waals surface area (Å²) in [6.07, 6.45) is 0.989. The highest BCUT2D eigenvalue weighted by Crippen LogP contribution is 2.18. The van der Waals surface area contributed by atoms with Crippen molar-refractivity contribution in [2.45, 2.75) is 0 Å². The number of halogens is 2. The molecule has 0 spiro atoms. The summed E-state index contributed by atoms with van der Waals surface area (Å²) in [6, 6.07) is 1.07. The van der Waals surface area contributed by atoms with E-state index in [4.69, 9.17) is 11.6 Å². The topological polar surface area (TPSA) is 85.1 Å². The second kappa shape index (κ2) is 5.74. The smallest absolute Gasteiger partial charge is 0.288 e. The Hall–Kier alpha value is -1.47. The lowest BCUT2D eigenvalue weighted by Crippen LogP contribution is -2.25. The second-order valence-electron chi connectivity index (χ2n) is 2.99. The number of carbonyl (C=O) groups excluding carboxylic acids is 1. The van der Waals surface area contributed by atoms with Crippen molar-refractivity contribution in [3.8, 4) is 0 Å². The molecule has 0 aromatic carbocycles. The molecule has 0 aliphatic heterocycles. The molecule has 1 amide bonds. The number of nitrogens with zero attached hydrogens (tertiary/aromatic N) is 2. The molecule has 0 radical (unpaired) electrons. The molecule has 8 heteroatoms. The molecular weight excluding hydrogens is 313 g/mol. The molecule has 0 fully saturated rings. The molecule has 0 saturated heterocycles. The van der Waals surface area contributed by atoms with E-state index in [1.165, 1.54) is 0 Å². The predicted octanol–water partition coefficient (Wildman–Crippen LogP) is 2.28. The third kappa shape index (κ3) is 3.79. The number of aromatic nitrogens is 1. The Morgan fingerprint density at radius 3 is 2.88 bits per heavy atom. The molecule has 0 aliphatic rings. The molecule has 1 aromatic rings. The lowest BCUT2D eigenvalue weighted by atomic mass is 10.2. The van der Waals surface area contributed by atoms with Crippen LogP contribution in [0.15, 0.2) is 23.3 Å². The highest BCUT2D eigenvalue weighted by Gasteiger charge is 2.16. The van der Waals surface area contributed by atoms with Gasteiger partial charge in [-0.2, -0.15) is 0 Å². The molecule has 1 rings (SSSR count). The van der Waals surface area contributed by atoms with Crippen molar-refractivity contribution in [1.82, 2.24) is 10.3 Å². The average Bonchev–Trinajstić information content (AvgIpc) is 2.26. The zero-order valence-corrected chi connectivity index (χ0v) is 10.8. The van der Waals surface area contributed by atoms with Gasteiger partial charge in [-0.15, -0.1) is 0 Å². The normalized spacial score (nSPS) is 9.76. The van der Waals surface area contributed by atoms with E-state index in [2.05, 4.69) is 32.8 Å². The third-order valence-corrected chi connectivity index (χ3v) is 2.30. The first-order chi connectivity index (χ1) is 7.91. The Kier molecular flexibility index (Phi) is 4.59. The molecular formula is C9H7BrClN3O3. The van der Waals surface area contributed by atoms with Gasteiger partial charge in [0.15, 0.2) is 0 Å². The Morgan fingerprint density at radius 2 is 2.35 bits per heavy atom. The van der Waals surface area contributed by atoms with Crippen LogP contribution in [0, 0.1) is 10.1 Å². The van der Waals surface area contributed by atoms with E-state index in [0.717, 1.165) is 12.3 Å². The van der Waals surface area contributed by atoms with E-state index in [1.54, 1.807) is 0 Å². The number of hydrogen-bond acceptors (Lipinski definition) is 4. The van der Waals surface area contributed by atoms with Crippen molar-refractivity contribution >= 4 is 39.1 Å². The number of nitrogens with one attached hydrogen (secondary N) is 1. The Labute approximate surface area is 110 Å². The van der Waals surface area contributed by atoms with Crippen molar-refractivity contribution in [2.24, 2.45) is 0 Å². The second-order valence-corrected chi connectivity index (χ2v) is 4.47. The largest absolute Gasteiger partial charge is 0.347 e. The highest BCUT2D eigenvalue weighted by atomic mass is 79.9. The van der Waals surface area contributed by atoms with Crippen molar-refractivity contribution < 1.29 is 9.72 Å². The SMILES string of the molecule is C=C(Br)CNC(=O)c1cc([N+](=O)[O-])cnc1Cl. The van der Waals surface area contributed by atoms with Gasteiger partial charge in [-0.05, 0) is 0 Å². The number of hydrogen-bond donors (Lipinski definition) is 1. The first-order valence-corrected chi connectivity index (χ1v) is 5.50. The highest BCUT2D eigenvalue weighted by molar-refractivity contribution is 9.11. The molecule has 6 nitrogen and oxygen atoms in total. The first-order valence-electron chi connectivity index (χ1n) is 4.33. The van der Waals surface area contributed by atoms with Crippen LogP contribution in [0.2, 0.25) is 5.15 Å². The summed E-state index contributed by atoms with van der Waals surface area (Å²) in [6.45, 7) is 3.73. The molecule has 1 aromatic heterocycles. The first kappa shape index (κ1) is 13.6. The van der Waals surface area contributed by atoms with E-state index in [-0.39, 0.29) is 22.9 Å². The third-order valence-electron chi connectivity index (χ3n) is 1.72. The Balaban J connectivity index is 2.95. The summed E-state index contributed by atoms with van der Waals surface area (Å²) < 4.78 is 0.570. The molecule has 0 bridgehead atoms. The van der Waals surface area contributed by atoms with Crippen LogP contribution >= 0.6 is 27.5 Å². The molecule has 17 heavy (non-hydrogen) atoms. The lowest BCUT2D eigenvalue weighted by Gasteiger charge is -2.04. The zero-order chi connectivity index (χ0) is 13.0. The molecule has 0 aliphatic carbocycles. The number of amides is 1. The summed E-state index contributed by atoms with van der Waals surface area (Å²) >= 11 is 8.75. The van der Waals surface area contributed by atoms with Crippen LogP contribution < -0.4 is 5.32 Å². The molecule has 1 N–H and O–H groups in total. The van der Waals surface area contributed by atoms with Crippen LogP contribution in [0.4, 0.5) is 5.69 Å². The maximum Gasteiger partial charge on any atom is 0.288 e. The van der Waals surface area contributed by atoms with Gasteiger partial charge in [0.1, 0.15) is 11.3 Å². The van der Waals surface area contributed by atoms with Crippen LogP contribution in [-0.2, 0) is 0 Å². The Bertz CT molecular complexity index is 492. The van der Waals surface area contributed by atoms with E-state index in [0.29, 0.717) is 4.48 Å². The standard InChI is InChI=1S/C9H7BrClN3O3/c1-5(10)3-13-9(15)7-2-6(14(16)17)4-12-8(7)11/h2,4H,1,3H2,(H,13,15). The summed E-state index contributed by atoms with van der Waals surface area (Å²) in [5.41, 5.74) is -0.341. The average molecular weight is 321 g/mol. The quantitative estimate of drug-likeness (QED) is 0.524. The van der Waals surface area contributed by atoms with Gasteiger partial charge >= 0.3 is 0 Å². The van der Waals surface area contributed by atoms with Gasteiger partial charge in [0.05, 0.1) is 10.5 Å². The minimum atomic E-state index is -0.649. The lowest BCUT2D eigenvalue weighted by molar-refractivity contribution is -0.385. The van der Waals surface area contributed by atoms with E-state index in [9.17, 15) is 14.9 Å². The van der Waals surface area contributed by atoms with Gasteiger partial charge in [0.2, 0.25) is 0 Å². The number of nitro groups is 1. The summed E-state index contributed by atoms with van der Waals surface area (Å²) in [4.78, 5) is 25.1. The van der Waals surface area contributed by atoms with Crippen molar-refractivity contribution in [2.75, 3.05) is 6.54 Å². The van der Waals surface area contributed by atoms with Gasteiger partial charge in [-0.3, -0.25) is 14.9 Å². The Morgan fingerprint density at radius 1 is 1.71 bits per heavy atom. The number of rotatable bonds is 4. The van der Waals surface area contributed by atoms with Crippen LogP contribution in [0.1, 0.15) is 10.4 Å². The van der Waals surface area contributed by atoms with Crippen LogP contribution in [0.25, 0.3) is 0 Å². The monoisotopic (exact) mass is 319 g/mol. The van der Waals surface area contributed by atoms with E-state index in [1.807, 2.05) is 0 Å². The predicted molar refractivity (Wildman–Crippen MR) is 66.3 cm³/mol. The zero-order valence-electron chi connectivity index (χ0n) is 8.44. The van der Waals surface area contributed by atoms with Gasteiger partial charge in [0.25, 0.3) is 11.6 Å². The van der Waals surface area contributed by atoms with Crippen molar-refractivity contribution in [1.29, 1.82) is 0 Å². The van der Waals surface area contributed by atoms with Gasteiger partial charge in [0, 0.05) is 17.1 Å². The summed E-state index contributed by atoms with van der Waals surface area (Å²) in [5.74, 6) is -0.549. The maximum absolute atomic E-state index is 11.6. The van der Waals surface area contributed by atoms with Crippen molar-refractivity contribution in [3.63, 3.8) is 0 Å². The fourth-order valence-corrected chi connectivity index (χ4v) is 1.30. The molecule has 0 atom stereocenters. The summed E-state index contributed by atoms with van der Waals surface area (Å²) in [5, 5.41) is 12.9. The summed E-state index contributed by atoms with van der Waals surface area (Å²) in [7, 11) is 0. The van der Waals surface area contributed by atoms with Crippen molar-refractivity contribution in [3.05, 3.63) is 44.2 Å². The van der Waals surface area contributed by atoms with Crippen LogP contribution in [0.3, 0.4) is 0 Å². The van der Waals surface area contributed by atoms with Gasteiger partial charge < -0.3 is 5.32 Å². The molecule has 90 valence electrons. The van der Waals surface area contributed by atoms with E-state index < -0.39 is 10.8 Å². The maximum atomic E-state index is 11.6. The van der Waals surface area contributed by atoms with Crippen LogP contribution in [0.5, 0.6) is 0 Å². The minimum absolute atomic E-state index is 0.0467. The fraction of sp³-hybridized carbons (Fsp3) is 0.111. The molecule has 0 saturated carbocycles.